The van der Waals surface area contributed by atoms with Gasteiger partial charge in [0.2, 0.25) is 5.91 Å². The molecule has 3 heteroatoms. The molecular formula is C10H16N2O. The van der Waals surface area contributed by atoms with Crippen molar-refractivity contribution in [2.24, 2.45) is 0 Å². The first-order valence-electron chi connectivity index (χ1n) is 4.54. The number of carbonyl (C=O) groups excluding carboxylic acids is 1. The lowest BCUT2D eigenvalue weighted by Crippen LogP contribution is -2.23. The number of hydrogen-bond acceptors (Lipinski definition) is 2. The van der Waals surface area contributed by atoms with Crippen molar-refractivity contribution in [3.05, 3.63) is 11.6 Å². The van der Waals surface area contributed by atoms with Gasteiger partial charge in [0.05, 0.1) is 6.07 Å². The zero-order valence-corrected chi connectivity index (χ0v) is 8.26. The molecule has 0 saturated heterocycles. The largest absolute Gasteiger partial charge is 0.353 e. The van der Waals surface area contributed by atoms with E-state index in [2.05, 4.69) is 11.4 Å². The van der Waals surface area contributed by atoms with E-state index in [9.17, 15) is 4.79 Å². The van der Waals surface area contributed by atoms with Gasteiger partial charge < -0.3 is 5.32 Å². The maximum Gasteiger partial charge on any atom is 0.246 e. The zero-order chi connectivity index (χ0) is 10.1. The number of carbonyl (C=O) groups is 1. The normalized spacial score (nSPS) is 10.7. The molecule has 0 radical (unpaired) electrons. The van der Waals surface area contributed by atoms with Gasteiger partial charge in [0.15, 0.2) is 0 Å². The van der Waals surface area contributed by atoms with E-state index < -0.39 is 0 Å². The van der Waals surface area contributed by atoms with Crippen LogP contribution in [0.5, 0.6) is 0 Å². The molecule has 0 bridgehead atoms. The van der Waals surface area contributed by atoms with Crippen LogP contribution in [-0.2, 0) is 4.79 Å². The van der Waals surface area contributed by atoms with Gasteiger partial charge in [-0.3, -0.25) is 4.79 Å². The van der Waals surface area contributed by atoms with E-state index in [1.54, 1.807) is 6.92 Å². The summed E-state index contributed by atoms with van der Waals surface area (Å²) >= 11 is 0. The molecular weight excluding hydrogens is 164 g/mol. The van der Waals surface area contributed by atoms with Gasteiger partial charge >= 0.3 is 0 Å². The second kappa shape index (κ2) is 7.35. The summed E-state index contributed by atoms with van der Waals surface area (Å²) in [5.41, 5.74) is 0.736. The summed E-state index contributed by atoms with van der Waals surface area (Å²) in [5.74, 6) is -0.0144. The van der Waals surface area contributed by atoms with Crippen LogP contribution in [0, 0.1) is 11.3 Å². The summed E-state index contributed by atoms with van der Waals surface area (Å²) in [6.45, 7) is 4.33. The van der Waals surface area contributed by atoms with Crippen LogP contribution in [0.15, 0.2) is 11.6 Å². The molecule has 72 valence electrons. The third-order valence-electron chi connectivity index (χ3n) is 1.64. The molecule has 0 spiro atoms. The average Bonchev–Trinajstić information content (AvgIpc) is 2.12. The van der Waals surface area contributed by atoms with Crippen LogP contribution in [0.25, 0.3) is 0 Å². The van der Waals surface area contributed by atoms with Gasteiger partial charge in [-0.05, 0) is 26.7 Å². The Labute approximate surface area is 79.4 Å². The molecule has 0 aliphatic heterocycles. The minimum atomic E-state index is -0.0144. The van der Waals surface area contributed by atoms with Crippen molar-refractivity contribution < 1.29 is 4.79 Å². The minimum absolute atomic E-state index is 0.0144. The molecule has 0 atom stereocenters. The van der Waals surface area contributed by atoms with Gasteiger partial charge in [0.25, 0.3) is 0 Å². The van der Waals surface area contributed by atoms with Gasteiger partial charge in [0.1, 0.15) is 0 Å². The first-order chi connectivity index (χ1) is 6.22. The van der Waals surface area contributed by atoms with E-state index in [1.807, 2.05) is 13.0 Å². The summed E-state index contributed by atoms with van der Waals surface area (Å²) < 4.78 is 0. The highest BCUT2D eigenvalue weighted by Crippen LogP contribution is 2.00. The van der Waals surface area contributed by atoms with Crippen LogP contribution in [-0.4, -0.2) is 12.5 Å². The molecule has 3 nitrogen and oxygen atoms in total. The summed E-state index contributed by atoms with van der Waals surface area (Å²) in [7, 11) is 0. The lowest BCUT2D eigenvalue weighted by Gasteiger charge is -2.00. The second-order valence-corrected chi connectivity index (χ2v) is 2.80. The molecule has 0 saturated carbocycles. The number of likely N-dealkylation sites (N-methyl/N-ethyl adjacent to an activating group) is 1. The third kappa shape index (κ3) is 5.92. The first kappa shape index (κ1) is 11.7. The Balaban J connectivity index is 3.75. The van der Waals surface area contributed by atoms with Gasteiger partial charge in [-0.15, -0.1) is 0 Å². The molecule has 0 aromatic rings. The Hall–Kier alpha value is -1.30. The molecule has 0 unspecified atom stereocenters. The molecule has 0 aromatic heterocycles. The Morgan fingerprint density at radius 1 is 1.62 bits per heavy atom. The summed E-state index contributed by atoms with van der Waals surface area (Å²) in [5, 5.41) is 11.0. The fraction of sp³-hybridized carbons (Fsp3) is 0.600. The Kier molecular flexibility index (Phi) is 6.62. The topological polar surface area (TPSA) is 52.9 Å². The van der Waals surface area contributed by atoms with Crippen LogP contribution in [0.4, 0.5) is 0 Å². The highest BCUT2D eigenvalue weighted by molar-refractivity contribution is 5.92. The number of nitrogens with one attached hydrogen (secondary N) is 1. The van der Waals surface area contributed by atoms with Crippen molar-refractivity contribution in [2.75, 3.05) is 6.54 Å². The molecule has 0 fully saturated rings. The molecule has 0 rings (SSSR count). The fourth-order valence-corrected chi connectivity index (χ4v) is 0.892. The van der Waals surface area contributed by atoms with Crippen molar-refractivity contribution in [3.8, 4) is 6.07 Å². The maximum atomic E-state index is 11.2. The van der Waals surface area contributed by atoms with E-state index in [4.69, 9.17) is 5.26 Å². The molecule has 13 heavy (non-hydrogen) atoms. The maximum absolute atomic E-state index is 11.2. The molecule has 0 aliphatic carbocycles. The fourth-order valence-electron chi connectivity index (χ4n) is 0.892. The van der Waals surface area contributed by atoms with Gasteiger partial charge in [-0.1, -0.05) is 6.08 Å². The predicted octanol–water partition coefficient (Wildman–Crippen LogP) is 1.76. The minimum Gasteiger partial charge on any atom is -0.353 e. The molecule has 1 N–H and O–H groups in total. The van der Waals surface area contributed by atoms with Crippen LogP contribution in [0.1, 0.15) is 33.1 Å². The lowest BCUT2D eigenvalue weighted by molar-refractivity contribution is -0.117. The van der Waals surface area contributed by atoms with Crippen molar-refractivity contribution >= 4 is 5.91 Å². The number of allylic oxidation sites excluding steroid dienone is 1. The first-order valence-corrected chi connectivity index (χ1v) is 4.54. The average molecular weight is 180 g/mol. The van der Waals surface area contributed by atoms with Crippen LogP contribution < -0.4 is 5.32 Å². The van der Waals surface area contributed by atoms with E-state index in [0.29, 0.717) is 13.0 Å². The molecule has 0 heterocycles. The van der Waals surface area contributed by atoms with Crippen molar-refractivity contribution in [3.63, 3.8) is 0 Å². The van der Waals surface area contributed by atoms with Crippen molar-refractivity contribution in [1.82, 2.24) is 5.32 Å². The van der Waals surface area contributed by atoms with E-state index in [1.165, 1.54) is 0 Å². The van der Waals surface area contributed by atoms with Crippen molar-refractivity contribution in [1.29, 1.82) is 5.26 Å². The monoisotopic (exact) mass is 180 g/mol. The Morgan fingerprint density at radius 3 is 2.85 bits per heavy atom. The predicted molar refractivity (Wildman–Crippen MR) is 51.9 cm³/mol. The standard InChI is InChI=1S/C10H16N2O/c1-3-12-10(13)9(2)7-5-4-6-8-11/h7H,3-6H2,1-2H3,(H,12,13)/b9-7+. The quantitative estimate of drug-likeness (QED) is 0.517. The van der Waals surface area contributed by atoms with Gasteiger partial charge in [0, 0.05) is 18.5 Å². The summed E-state index contributed by atoms with van der Waals surface area (Å²) in [6, 6.07) is 2.07. The van der Waals surface area contributed by atoms with Crippen molar-refractivity contribution in [2.45, 2.75) is 33.1 Å². The van der Waals surface area contributed by atoms with E-state index in [-0.39, 0.29) is 5.91 Å². The van der Waals surface area contributed by atoms with Gasteiger partial charge in [-0.25, -0.2) is 0 Å². The number of nitriles is 1. The van der Waals surface area contributed by atoms with Gasteiger partial charge in [-0.2, -0.15) is 5.26 Å². The summed E-state index contributed by atoms with van der Waals surface area (Å²) in [4.78, 5) is 11.2. The third-order valence-corrected chi connectivity index (χ3v) is 1.64. The molecule has 0 aromatic carbocycles. The SMILES string of the molecule is CCNC(=O)/C(C)=C/CCCC#N. The Bertz CT molecular complexity index is 226. The van der Waals surface area contributed by atoms with Crippen LogP contribution in [0.3, 0.4) is 0 Å². The lowest BCUT2D eigenvalue weighted by atomic mass is 10.2. The number of unbranched alkanes of at least 4 members (excludes halogenated alkanes) is 2. The molecule has 1 amide bonds. The highest BCUT2D eigenvalue weighted by Gasteiger charge is 1.99. The zero-order valence-electron chi connectivity index (χ0n) is 8.26. The number of hydrogen-bond donors (Lipinski definition) is 1. The summed E-state index contributed by atoms with van der Waals surface area (Å²) in [6.07, 6.45) is 4.06. The highest BCUT2D eigenvalue weighted by atomic mass is 16.1. The molecule has 0 aliphatic rings. The van der Waals surface area contributed by atoms with E-state index in [0.717, 1.165) is 18.4 Å². The van der Waals surface area contributed by atoms with Crippen LogP contribution in [0.2, 0.25) is 0 Å². The number of rotatable bonds is 5. The second-order valence-electron chi connectivity index (χ2n) is 2.80. The Morgan fingerprint density at radius 2 is 2.31 bits per heavy atom. The van der Waals surface area contributed by atoms with E-state index >= 15 is 0 Å². The number of nitrogens with zero attached hydrogens (tertiary/aromatic N) is 1. The smallest absolute Gasteiger partial charge is 0.246 e. The van der Waals surface area contributed by atoms with Crippen LogP contribution >= 0.6 is 0 Å². The number of amides is 1.